The summed E-state index contributed by atoms with van der Waals surface area (Å²) in [4.78, 5) is 5.97. The van der Waals surface area contributed by atoms with Crippen LogP contribution in [0.15, 0.2) is 0 Å². The Labute approximate surface area is 115 Å². The molecule has 1 saturated carbocycles. The largest absolute Gasteiger partial charge is 0.306 e. The van der Waals surface area contributed by atoms with Crippen molar-refractivity contribution in [2.45, 2.75) is 71.9 Å². The fourth-order valence-corrected chi connectivity index (χ4v) is 4.20. The zero-order chi connectivity index (χ0) is 13.1. The van der Waals surface area contributed by atoms with Gasteiger partial charge in [-0.1, -0.05) is 26.2 Å². The third-order valence-corrected chi connectivity index (χ3v) is 5.49. The highest BCUT2D eigenvalue weighted by atomic mass is 32.1. The molecule has 1 aliphatic carbocycles. The monoisotopic (exact) mass is 266 g/mol. The predicted octanol–water partition coefficient (Wildman–Crippen LogP) is 4.38. The second-order valence-corrected chi connectivity index (χ2v) is 6.86. The zero-order valence-electron chi connectivity index (χ0n) is 12.1. The lowest BCUT2D eigenvalue weighted by Crippen LogP contribution is -2.39. The normalized spacial score (nSPS) is 26.2. The van der Waals surface area contributed by atoms with Gasteiger partial charge in [-0.3, -0.25) is 0 Å². The molecule has 1 aromatic heterocycles. The van der Waals surface area contributed by atoms with Gasteiger partial charge in [-0.25, -0.2) is 4.98 Å². The summed E-state index contributed by atoms with van der Waals surface area (Å²) >= 11 is 1.85. The highest BCUT2D eigenvalue weighted by Gasteiger charge is 2.25. The van der Waals surface area contributed by atoms with Crippen molar-refractivity contribution in [2.24, 2.45) is 5.92 Å². The number of rotatable bonds is 4. The molecule has 18 heavy (non-hydrogen) atoms. The fraction of sp³-hybridized carbons (Fsp3) is 0.800. The Morgan fingerprint density at radius 2 is 2.06 bits per heavy atom. The average Bonchev–Trinajstić information content (AvgIpc) is 2.69. The van der Waals surface area contributed by atoms with Crippen molar-refractivity contribution in [1.82, 2.24) is 10.3 Å². The van der Waals surface area contributed by atoms with Crippen LogP contribution in [0.3, 0.4) is 0 Å². The van der Waals surface area contributed by atoms with Crippen molar-refractivity contribution >= 4 is 11.3 Å². The lowest BCUT2D eigenvalue weighted by Gasteiger charge is -2.33. The van der Waals surface area contributed by atoms with E-state index in [0.717, 1.165) is 5.92 Å². The third-order valence-electron chi connectivity index (χ3n) is 4.23. The van der Waals surface area contributed by atoms with Gasteiger partial charge in [-0.15, -0.1) is 11.3 Å². The number of aryl methyl sites for hydroxylation is 2. The number of nitrogens with zero attached hydrogens (tertiary/aromatic N) is 1. The molecule has 0 amide bonds. The predicted molar refractivity (Wildman–Crippen MR) is 79.2 cm³/mol. The summed E-state index contributed by atoms with van der Waals surface area (Å²) in [5, 5.41) is 5.05. The van der Waals surface area contributed by atoms with Crippen LogP contribution < -0.4 is 5.32 Å². The molecule has 2 rings (SSSR count). The molecule has 0 aromatic carbocycles. The maximum Gasteiger partial charge on any atom is 0.0900 e. The summed E-state index contributed by atoms with van der Waals surface area (Å²) in [7, 11) is 0. The standard InChI is InChI=1S/C15H26N2S/c1-5-13-8-6-7-9-14(13)17-11(3)15-10(2)16-12(4)18-15/h11,13-14,17H,5-9H2,1-4H3. The molecule has 0 radical (unpaired) electrons. The smallest absolute Gasteiger partial charge is 0.0900 e. The van der Waals surface area contributed by atoms with Crippen LogP contribution >= 0.6 is 11.3 Å². The molecule has 0 spiro atoms. The summed E-state index contributed by atoms with van der Waals surface area (Å²) in [6, 6.07) is 1.16. The lowest BCUT2D eigenvalue weighted by molar-refractivity contribution is 0.241. The van der Waals surface area contributed by atoms with Gasteiger partial charge in [0.05, 0.1) is 10.7 Å². The summed E-state index contributed by atoms with van der Waals surface area (Å²) in [5.74, 6) is 0.871. The van der Waals surface area contributed by atoms with Crippen LogP contribution in [0.1, 0.15) is 67.6 Å². The minimum Gasteiger partial charge on any atom is -0.306 e. The Morgan fingerprint density at radius 1 is 1.33 bits per heavy atom. The van der Waals surface area contributed by atoms with E-state index in [4.69, 9.17) is 0 Å². The van der Waals surface area contributed by atoms with Crippen LogP contribution in [0, 0.1) is 19.8 Å². The Balaban J connectivity index is 2.01. The summed E-state index contributed by atoms with van der Waals surface area (Å²) in [5.41, 5.74) is 1.21. The Morgan fingerprint density at radius 3 is 2.67 bits per heavy atom. The summed E-state index contributed by atoms with van der Waals surface area (Å²) in [6.45, 7) is 8.86. The van der Waals surface area contributed by atoms with Crippen molar-refractivity contribution in [2.75, 3.05) is 0 Å². The molecule has 0 bridgehead atoms. The van der Waals surface area contributed by atoms with Gasteiger partial charge in [0, 0.05) is 17.0 Å². The van der Waals surface area contributed by atoms with Crippen molar-refractivity contribution < 1.29 is 0 Å². The summed E-state index contributed by atoms with van der Waals surface area (Å²) < 4.78 is 0. The first kappa shape index (κ1) is 14.0. The molecule has 0 saturated heterocycles. The number of hydrogen-bond donors (Lipinski definition) is 1. The van der Waals surface area contributed by atoms with Gasteiger partial charge in [0.15, 0.2) is 0 Å². The van der Waals surface area contributed by atoms with Crippen LogP contribution in [0.4, 0.5) is 0 Å². The quantitative estimate of drug-likeness (QED) is 0.875. The van der Waals surface area contributed by atoms with E-state index in [1.54, 1.807) is 0 Å². The molecule has 102 valence electrons. The zero-order valence-corrected chi connectivity index (χ0v) is 12.9. The molecule has 0 aliphatic heterocycles. The molecule has 1 aliphatic rings. The van der Waals surface area contributed by atoms with Crippen LogP contribution in [-0.2, 0) is 0 Å². The van der Waals surface area contributed by atoms with Crippen LogP contribution in [0.25, 0.3) is 0 Å². The SMILES string of the molecule is CCC1CCCCC1NC(C)c1sc(C)nc1C. The number of thiazole rings is 1. The van der Waals surface area contributed by atoms with E-state index in [1.165, 1.54) is 47.7 Å². The number of nitrogens with one attached hydrogen (secondary N) is 1. The number of aromatic nitrogens is 1. The van der Waals surface area contributed by atoms with Crippen LogP contribution in [0.2, 0.25) is 0 Å². The van der Waals surface area contributed by atoms with Crippen molar-refractivity contribution in [3.63, 3.8) is 0 Å². The summed E-state index contributed by atoms with van der Waals surface area (Å²) in [6.07, 6.45) is 6.87. The third kappa shape index (κ3) is 3.12. The number of hydrogen-bond acceptors (Lipinski definition) is 3. The van der Waals surface area contributed by atoms with E-state index in [-0.39, 0.29) is 0 Å². The molecule has 2 nitrogen and oxygen atoms in total. The van der Waals surface area contributed by atoms with E-state index in [1.807, 2.05) is 11.3 Å². The Kier molecular flexibility index (Phi) is 4.79. The van der Waals surface area contributed by atoms with E-state index in [9.17, 15) is 0 Å². The van der Waals surface area contributed by atoms with E-state index >= 15 is 0 Å². The Hall–Kier alpha value is -0.410. The van der Waals surface area contributed by atoms with Gasteiger partial charge in [-0.05, 0) is 39.5 Å². The molecular weight excluding hydrogens is 240 g/mol. The lowest BCUT2D eigenvalue weighted by atomic mass is 9.82. The molecular formula is C15H26N2S. The molecule has 3 atom stereocenters. The second-order valence-electron chi connectivity index (χ2n) is 5.63. The van der Waals surface area contributed by atoms with E-state index in [0.29, 0.717) is 12.1 Å². The second kappa shape index (κ2) is 6.16. The average molecular weight is 266 g/mol. The first-order valence-electron chi connectivity index (χ1n) is 7.31. The van der Waals surface area contributed by atoms with Crippen LogP contribution in [0.5, 0.6) is 0 Å². The maximum absolute atomic E-state index is 4.54. The van der Waals surface area contributed by atoms with E-state index in [2.05, 4.69) is 38.0 Å². The van der Waals surface area contributed by atoms with Gasteiger partial charge in [0.25, 0.3) is 0 Å². The molecule has 1 heterocycles. The minimum absolute atomic E-state index is 0.452. The minimum atomic E-state index is 0.452. The highest BCUT2D eigenvalue weighted by molar-refractivity contribution is 7.11. The maximum atomic E-state index is 4.54. The topological polar surface area (TPSA) is 24.9 Å². The van der Waals surface area contributed by atoms with Gasteiger partial charge in [0.1, 0.15) is 0 Å². The van der Waals surface area contributed by atoms with Crippen LogP contribution in [-0.4, -0.2) is 11.0 Å². The van der Waals surface area contributed by atoms with Gasteiger partial charge in [0.2, 0.25) is 0 Å². The first-order valence-corrected chi connectivity index (χ1v) is 8.13. The first-order chi connectivity index (χ1) is 8.61. The Bertz CT molecular complexity index is 386. The van der Waals surface area contributed by atoms with Gasteiger partial charge < -0.3 is 5.32 Å². The van der Waals surface area contributed by atoms with Gasteiger partial charge in [-0.2, -0.15) is 0 Å². The molecule has 1 N–H and O–H groups in total. The van der Waals surface area contributed by atoms with Crippen molar-refractivity contribution in [3.05, 3.63) is 15.6 Å². The highest BCUT2D eigenvalue weighted by Crippen LogP contribution is 2.31. The molecule has 1 fully saturated rings. The van der Waals surface area contributed by atoms with E-state index < -0.39 is 0 Å². The molecule has 1 aromatic rings. The molecule has 3 unspecified atom stereocenters. The molecule has 3 heteroatoms. The fourth-order valence-electron chi connectivity index (χ4n) is 3.26. The van der Waals surface area contributed by atoms with Crippen molar-refractivity contribution in [1.29, 1.82) is 0 Å². The van der Waals surface area contributed by atoms with Crippen molar-refractivity contribution in [3.8, 4) is 0 Å². The van der Waals surface area contributed by atoms with Gasteiger partial charge >= 0.3 is 0 Å².